The van der Waals surface area contributed by atoms with E-state index in [1.807, 2.05) is 0 Å². The number of carbonyl (C=O) groups is 1. The second-order valence-corrected chi connectivity index (χ2v) is 4.99. The van der Waals surface area contributed by atoms with E-state index in [1.165, 1.54) is 12.1 Å². The molecule has 0 bridgehead atoms. The van der Waals surface area contributed by atoms with Gasteiger partial charge in [-0.15, -0.1) is 11.6 Å². The molecule has 0 saturated carbocycles. The SMILES string of the molecule is O=C(CCCCCl)c1ccc(Br)c(C(F)(F)F)c1. The smallest absolute Gasteiger partial charge is 0.294 e. The Morgan fingerprint density at radius 1 is 1.28 bits per heavy atom. The molecule has 0 saturated heterocycles. The molecule has 0 aliphatic rings. The molecular formula is C12H11BrClF3O. The van der Waals surface area contributed by atoms with Crippen LogP contribution in [0.25, 0.3) is 0 Å². The Balaban J connectivity index is 2.88. The van der Waals surface area contributed by atoms with Crippen molar-refractivity contribution in [1.29, 1.82) is 0 Å². The fourth-order valence-corrected chi connectivity index (χ4v) is 2.10. The zero-order valence-electron chi connectivity index (χ0n) is 9.36. The zero-order chi connectivity index (χ0) is 13.8. The molecular weight excluding hydrogens is 332 g/mol. The minimum absolute atomic E-state index is 0.0627. The van der Waals surface area contributed by atoms with E-state index in [1.54, 1.807) is 0 Å². The first-order valence-electron chi connectivity index (χ1n) is 5.32. The minimum atomic E-state index is -4.47. The van der Waals surface area contributed by atoms with Crippen LogP contribution in [0.2, 0.25) is 0 Å². The summed E-state index contributed by atoms with van der Waals surface area (Å²) in [6, 6.07) is 3.52. The molecule has 0 N–H and O–H groups in total. The number of hydrogen-bond acceptors (Lipinski definition) is 1. The van der Waals surface area contributed by atoms with Crippen molar-refractivity contribution in [3.05, 3.63) is 33.8 Å². The summed E-state index contributed by atoms with van der Waals surface area (Å²) in [7, 11) is 0. The molecule has 0 aliphatic carbocycles. The normalized spacial score (nSPS) is 11.6. The van der Waals surface area contributed by atoms with Crippen molar-refractivity contribution in [3.63, 3.8) is 0 Å². The molecule has 1 nitrogen and oxygen atoms in total. The van der Waals surface area contributed by atoms with Crippen LogP contribution < -0.4 is 0 Å². The van der Waals surface area contributed by atoms with Gasteiger partial charge in [-0.2, -0.15) is 13.2 Å². The van der Waals surface area contributed by atoms with Crippen LogP contribution in [0.1, 0.15) is 35.2 Å². The second kappa shape index (κ2) is 6.57. The molecule has 100 valence electrons. The molecule has 6 heteroatoms. The lowest BCUT2D eigenvalue weighted by Gasteiger charge is -2.10. The monoisotopic (exact) mass is 342 g/mol. The van der Waals surface area contributed by atoms with Gasteiger partial charge in [-0.3, -0.25) is 4.79 Å². The highest BCUT2D eigenvalue weighted by Crippen LogP contribution is 2.35. The number of ketones is 1. The molecule has 0 spiro atoms. The van der Waals surface area contributed by atoms with Gasteiger partial charge in [0.2, 0.25) is 0 Å². The third-order valence-electron chi connectivity index (χ3n) is 2.38. The van der Waals surface area contributed by atoms with Gasteiger partial charge in [0.1, 0.15) is 0 Å². The minimum Gasteiger partial charge on any atom is -0.294 e. The van der Waals surface area contributed by atoms with E-state index in [0.717, 1.165) is 6.07 Å². The average molecular weight is 344 g/mol. The van der Waals surface area contributed by atoms with Crippen LogP contribution in [0.5, 0.6) is 0 Å². The van der Waals surface area contributed by atoms with E-state index < -0.39 is 11.7 Å². The maximum atomic E-state index is 12.6. The van der Waals surface area contributed by atoms with Gasteiger partial charge in [-0.25, -0.2) is 0 Å². The molecule has 0 aromatic heterocycles. The van der Waals surface area contributed by atoms with E-state index >= 15 is 0 Å². The summed E-state index contributed by atoms with van der Waals surface area (Å²) in [5.41, 5.74) is -0.745. The molecule has 18 heavy (non-hydrogen) atoms. The molecule has 0 radical (unpaired) electrons. The maximum absolute atomic E-state index is 12.6. The van der Waals surface area contributed by atoms with E-state index in [4.69, 9.17) is 11.6 Å². The fraction of sp³-hybridized carbons (Fsp3) is 0.417. The fourth-order valence-electron chi connectivity index (χ4n) is 1.44. The van der Waals surface area contributed by atoms with Gasteiger partial charge in [-0.05, 0) is 25.0 Å². The zero-order valence-corrected chi connectivity index (χ0v) is 11.7. The number of benzene rings is 1. The van der Waals surface area contributed by atoms with Crippen LogP contribution in [0.15, 0.2) is 22.7 Å². The number of halogens is 5. The number of unbranched alkanes of at least 4 members (excludes halogenated alkanes) is 1. The van der Waals surface area contributed by atoms with Crippen molar-refractivity contribution in [2.45, 2.75) is 25.4 Å². The first kappa shape index (κ1) is 15.5. The summed E-state index contributed by atoms with van der Waals surface area (Å²) in [5, 5.41) is 0. The average Bonchev–Trinajstić information content (AvgIpc) is 2.28. The van der Waals surface area contributed by atoms with Crippen molar-refractivity contribution >= 4 is 33.3 Å². The highest BCUT2D eigenvalue weighted by atomic mass is 79.9. The van der Waals surface area contributed by atoms with Gasteiger partial charge in [0, 0.05) is 22.3 Å². The Bertz CT molecular complexity index is 432. The third-order valence-corrected chi connectivity index (χ3v) is 3.34. The third kappa shape index (κ3) is 4.28. The van der Waals surface area contributed by atoms with Crippen LogP contribution in [0, 0.1) is 0 Å². The summed E-state index contributed by atoms with van der Waals surface area (Å²) in [5.74, 6) is 0.152. The first-order valence-corrected chi connectivity index (χ1v) is 6.65. The molecule has 0 unspecified atom stereocenters. The van der Waals surface area contributed by atoms with Crippen LogP contribution in [-0.4, -0.2) is 11.7 Å². The molecule has 1 aromatic rings. The molecule has 0 fully saturated rings. The van der Waals surface area contributed by atoms with E-state index in [9.17, 15) is 18.0 Å². The topological polar surface area (TPSA) is 17.1 Å². The van der Waals surface area contributed by atoms with E-state index in [-0.39, 0.29) is 22.2 Å². The van der Waals surface area contributed by atoms with Gasteiger partial charge in [-0.1, -0.05) is 22.0 Å². The van der Waals surface area contributed by atoms with Gasteiger partial charge >= 0.3 is 6.18 Å². The lowest BCUT2D eigenvalue weighted by molar-refractivity contribution is -0.138. The van der Waals surface area contributed by atoms with Gasteiger partial charge in [0.25, 0.3) is 0 Å². The van der Waals surface area contributed by atoms with Crippen LogP contribution in [0.4, 0.5) is 13.2 Å². The largest absolute Gasteiger partial charge is 0.417 e. The molecule has 0 amide bonds. The Labute approximate surface area is 116 Å². The quantitative estimate of drug-likeness (QED) is 0.415. The number of hydrogen-bond donors (Lipinski definition) is 0. The predicted octanol–water partition coefficient (Wildman–Crippen LogP) is 5.06. The van der Waals surface area contributed by atoms with Gasteiger partial charge < -0.3 is 0 Å². The summed E-state index contributed by atoms with van der Waals surface area (Å²) in [6.07, 6.45) is -2.99. The summed E-state index contributed by atoms with van der Waals surface area (Å²) < 4.78 is 37.9. The van der Waals surface area contributed by atoms with Crippen molar-refractivity contribution in [3.8, 4) is 0 Å². The van der Waals surface area contributed by atoms with E-state index in [0.29, 0.717) is 18.7 Å². The maximum Gasteiger partial charge on any atom is 0.417 e. The van der Waals surface area contributed by atoms with Crippen molar-refractivity contribution < 1.29 is 18.0 Å². The lowest BCUT2D eigenvalue weighted by Crippen LogP contribution is -2.08. The first-order chi connectivity index (χ1) is 8.36. The Hall–Kier alpha value is -0.550. The highest BCUT2D eigenvalue weighted by Gasteiger charge is 2.33. The second-order valence-electron chi connectivity index (χ2n) is 3.76. The summed E-state index contributed by atoms with van der Waals surface area (Å²) in [6.45, 7) is 0. The van der Waals surface area contributed by atoms with Crippen LogP contribution in [0.3, 0.4) is 0 Å². The Morgan fingerprint density at radius 2 is 1.94 bits per heavy atom. The molecule has 1 rings (SSSR count). The summed E-state index contributed by atoms with van der Waals surface area (Å²) in [4.78, 5) is 11.7. The number of rotatable bonds is 5. The van der Waals surface area contributed by atoms with Crippen molar-refractivity contribution in [2.75, 3.05) is 5.88 Å². The molecule has 0 aliphatic heterocycles. The number of alkyl halides is 4. The van der Waals surface area contributed by atoms with Gasteiger partial charge in [0.05, 0.1) is 5.56 Å². The number of Topliss-reactive ketones (excluding diaryl/α,β-unsaturated/α-hetero) is 1. The van der Waals surface area contributed by atoms with E-state index in [2.05, 4.69) is 15.9 Å². The van der Waals surface area contributed by atoms with Crippen LogP contribution >= 0.6 is 27.5 Å². The Kier molecular flexibility index (Phi) is 5.66. The van der Waals surface area contributed by atoms with Gasteiger partial charge in [0.15, 0.2) is 5.78 Å². The molecule has 0 atom stereocenters. The van der Waals surface area contributed by atoms with Crippen LogP contribution in [-0.2, 0) is 6.18 Å². The van der Waals surface area contributed by atoms with Crippen molar-refractivity contribution in [2.24, 2.45) is 0 Å². The predicted molar refractivity (Wildman–Crippen MR) is 68.0 cm³/mol. The highest BCUT2D eigenvalue weighted by molar-refractivity contribution is 9.10. The number of carbonyl (C=O) groups excluding carboxylic acids is 1. The molecule has 0 heterocycles. The van der Waals surface area contributed by atoms with Crippen molar-refractivity contribution in [1.82, 2.24) is 0 Å². The standard InChI is InChI=1S/C12H11BrClF3O/c13-10-5-4-8(7-9(10)12(15,16)17)11(18)3-1-2-6-14/h4-5,7H,1-3,6H2. The molecule has 1 aromatic carbocycles. The lowest BCUT2D eigenvalue weighted by atomic mass is 10.0. The summed E-state index contributed by atoms with van der Waals surface area (Å²) >= 11 is 8.30. The Morgan fingerprint density at radius 3 is 2.50 bits per heavy atom.